The molecule has 0 aromatic heterocycles. The molecule has 1 aromatic rings. The number of likely N-dealkylation sites (N-methyl/N-ethyl adjacent to an activating group) is 1. The number of nitrogens with zero attached hydrogens (tertiary/aromatic N) is 2. The van der Waals surface area contributed by atoms with Gasteiger partial charge in [-0.3, -0.25) is 9.59 Å². The second kappa shape index (κ2) is 5.94. The molecule has 1 aromatic carbocycles. The number of nitrogens with one attached hydrogen (secondary N) is 1. The lowest BCUT2D eigenvalue weighted by Crippen LogP contribution is -2.50. The maximum atomic E-state index is 12.6. The molecule has 1 heterocycles. The molecule has 108 valence electrons. The lowest BCUT2D eigenvalue weighted by Gasteiger charge is -2.32. The highest BCUT2D eigenvalue weighted by Crippen LogP contribution is 2.19. The minimum Gasteiger partial charge on any atom is -0.382 e. The Morgan fingerprint density at radius 3 is 2.60 bits per heavy atom. The Morgan fingerprint density at radius 1 is 1.25 bits per heavy atom. The average molecular weight is 275 g/mol. The van der Waals surface area contributed by atoms with Crippen molar-refractivity contribution < 1.29 is 9.59 Å². The van der Waals surface area contributed by atoms with Crippen LogP contribution in [-0.4, -0.2) is 54.3 Å². The molecule has 2 rings (SSSR count). The summed E-state index contributed by atoms with van der Waals surface area (Å²) in [4.78, 5) is 27.6. The highest BCUT2D eigenvalue weighted by molar-refractivity contribution is 6.01. The number of para-hydroxylation sites is 1. The first-order chi connectivity index (χ1) is 9.49. The Balaban J connectivity index is 2.19. The van der Waals surface area contributed by atoms with Crippen molar-refractivity contribution in [2.75, 3.05) is 32.0 Å². The molecule has 0 unspecified atom stereocenters. The molecule has 0 bridgehead atoms. The minimum absolute atomic E-state index is 0.0149. The van der Waals surface area contributed by atoms with E-state index in [0.717, 1.165) is 5.69 Å². The molecule has 1 aliphatic rings. The molecule has 0 radical (unpaired) electrons. The Hall–Kier alpha value is -2.04. The number of rotatable bonds is 3. The number of amides is 2. The van der Waals surface area contributed by atoms with E-state index in [2.05, 4.69) is 5.32 Å². The summed E-state index contributed by atoms with van der Waals surface area (Å²) < 4.78 is 0. The van der Waals surface area contributed by atoms with Crippen molar-refractivity contribution in [2.24, 2.45) is 0 Å². The van der Waals surface area contributed by atoms with Crippen LogP contribution in [0.2, 0.25) is 0 Å². The van der Waals surface area contributed by atoms with Gasteiger partial charge in [-0.25, -0.2) is 0 Å². The second-order valence-electron chi connectivity index (χ2n) is 5.39. The van der Waals surface area contributed by atoms with Crippen LogP contribution in [0.5, 0.6) is 0 Å². The van der Waals surface area contributed by atoms with Crippen molar-refractivity contribution in [3.63, 3.8) is 0 Å². The van der Waals surface area contributed by atoms with Crippen LogP contribution in [-0.2, 0) is 4.79 Å². The molecule has 5 heteroatoms. The zero-order chi connectivity index (χ0) is 14.7. The van der Waals surface area contributed by atoms with Crippen LogP contribution in [0, 0.1) is 0 Å². The molecule has 2 amide bonds. The fourth-order valence-electron chi connectivity index (χ4n) is 2.21. The van der Waals surface area contributed by atoms with Gasteiger partial charge in [0.05, 0.1) is 5.56 Å². The summed E-state index contributed by atoms with van der Waals surface area (Å²) in [5.41, 5.74) is 1.44. The lowest BCUT2D eigenvalue weighted by atomic mass is 10.1. The van der Waals surface area contributed by atoms with Gasteiger partial charge in [0, 0.05) is 31.9 Å². The Labute approximate surface area is 119 Å². The van der Waals surface area contributed by atoms with Crippen molar-refractivity contribution in [2.45, 2.75) is 19.9 Å². The highest BCUT2D eigenvalue weighted by atomic mass is 16.2. The average Bonchev–Trinajstić information content (AvgIpc) is 2.41. The van der Waals surface area contributed by atoms with Crippen LogP contribution in [0.15, 0.2) is 24.3 Å². The number of anilines is 1. The Kier molecular flexibility index (Phi) is 4.27. The van der Waals surface area contributed by atoms with E-state index in [-0.39, 0.29) is 24.4 Å². The number of benzene rings is 1. The molecule has 1 fully saturated rings. The zero-order valence-electron chi connectivity index (χ0n) is 12.2. The van der Waals surface area contributed by atoms with Gasteiger partial charge in [0.1, 0.15) is 6.54 Å². The van der Waals surface area contributed by atoms with Gasteiger partial charge in [0.2, 0.25) is 5.91 Å². The van der Waals surface area contributed by atoms with E-state index in [0.29, 0.717) is 18.7 Å². The van der Waals surface area contributed by atoms with Crippen LogP contribution in [0.3, 0.4) is 0 Å². The predicted molar refractivity (Wildman–Crippen MR) is 78.7 cm³/mol. The summed E-state index contributed by atoms with van der Waals surface area (Å²) in [5, 5.41) is 3.27. The van der Waals surface area contributed by atoms with Crippen molar-refractivity contribution >= 4 is 17.5 Å². The van der Waals surface area contributed by atoms with Crippen molar-refractivity contribution in [3.05, 3.63) is 29.8 Å². The Morgan fingerprint density at radius 2 is 1.95 bits per heavy atom. The number of carbonyl (C=O) groups is 2. The quantitative estimate of drug-likeness (QED) is 0.907. The number of carbonyl (C=O) groups excluding carboxylic acids is 2. The Bertz CT molecular complexity index is 514. The first-order valence-corrected chi connectivity index (χ1v) is 6.88. The van der Waals surface area contributed by atoms with E-state index in [1.54, 1.807) is 22.9 Å². The largest absolute Gasteiger partial charge is 0.382 e. The molecule has 1 aliphatic heterocycles. The summed E-state index contributed by atoms with van der Waals surface area (Å²) >= 11 is 0. The first kappa shape index (κ1) is 14.4. The van der Waals surface area contributed by atoms with E-state index in [4.69, 9.17) is 0 Å². The number of hydrogen-bond acceptors (Lipinski definition) is 3. The third-order valence-electron chi connectivity index (χ3n) is 3.35. The summed E-state index contributed by atoms with van der Waals surface area (Å²) in [6.07, 6.45) is 0. The van der Waals surface area contributed by atoms with Crippen LogP contribution in [0.25, 0.3) is 0 Å². The molecular weight excluding hydrogens is 254 g/mol. The fourth-order valence-corrected chi connectivity index (χ4v) is 2.21. The lowest BCUT2D eigenvalue weighted by molar-refractivity contribution is -0.133. The van der Waals surface area contributed by atoms with Crippen molar-refractivity contribution in [1.29, 1.82) is 0 Å². The summed E-state index contributed by atoms with van der Waals surface area (Å²) in [7, 11) is 1.76. The van der Waals surface area contributed by atoms with Gasteiger partial charge >= 0.3 is 0 Å². The van der Waals surface area contributed by atoms with Crippen LogP contribution >= 0.6 is 0 Å². The van der Waals surface area contributed by atoms with E-state index in [9.17, 15) is 9.59 Å². The smallest absolute Gasteiger partial charge is 0.256 e. The first-order valence-electron chi connectivity index (χ1n) is 6.88. The van der Waals surface area contributed by atoms with E-state index in [1.807, 2.05) is 32.0 Å². The van der Waals surface area contributed by atoms with Crippen LogP contribution in [0.1, 0.15) is 24.2 Å². The minimum atomic E-state index is -0.0878. The molecule has 5 nitrogen and oxygen atoms in total. The summed E-state index contributed by atoms with van der Waals surface area (Å²) in [6.45, 7) is 5.38. The third kappa shape index (κ3) is 3.10. The molecule has 20 heavy (non-hydrogen) atoms. The molecule has 0 aliphatic carbocycles. The molecule has 1 saturated heterocycles. The van der Waals surface area contributed by atoms with Crippen LogP contribution < -0.4 is 5.32 Å². The fraction of sp³-hybridized carbons (Fsp3) is 0.467. The van der Waals surface area contributed by atoms with Crippen molar-refractivity contribution in [1.82, 2.24) is 9.80 Å². The predicted octanol–water partition coefficient (Wildman–Crippen LogP) is 1.42. The molecule has 0 atom stereocenters. The van der Waals surface area contributed by atoms with Gasteiger partial charge in [-0.2, -0.15) is 0 Å². The van der Waals surface area contributed by atoms with E-state index < -0.39 is 0 Å². The zero-order valence-corrected chi connectivity index (χ0v) is 12.2. The van der Waals surface area contributed by atoms with Gasteiger partial charge < -0.3 is 15.1 Å². The van der Waals surface area contributed by atoms with Gasteiger partial charge in [0.25, 0.3) is 5.91 Å². The monoisotopic (exact) mass is 275 g/mol. The van der Waals surface area contributed by atoms with Gasteiger partial charge in [-0.1, -0.05) is 12.1 Å². The summed E-state index contributed by atoms with van der Waals surface area (Å²) in [6, 6.07) is 7.69. The number of piperazine rings is 1. The molecule has 0 saturated carbocycles. The maximum absolute atomic E-state index is 12.6. The SMILES string of the molecule is CC(C)Nc1ccccc1C(=O)N1CCN(C)C(=O)C1. The van der Waals surface area contributed by atoms with Gasteiger partial charge in [-0.15, -0.1) is 0 Å². The highest BCUT2D eigenvalue weighted by Gasteiger charge is 2.26. The van der Waals surface area contributed by atoms with Gasteiger partial charge in [0.15, 0.2) is 0 Å². The third-order valence-corrected chi connectivity index (χ3v) is 3.35. The topological polar surface area (TPSA) is 52.7 Å². The normalized spacial score (nSPS) is 15.7. The maximum Gasteiger partial charge on any atom is 0.256 e. The summed E-state index contributed by atoms with van der Waals surface area (Å²) in [5.74, 6) is -0.103. The van der Waals surface area contributed by atoms with E-state index >= 15 is 0 Å². The molecule has 0 spiro atoms. The number of hydrogen-bond donors (Lipinski definition) is 1. The standard InChI is InChI=1S/C15H21N3O2/c1-11(2)16-13-7-5-4-6-12(13)15(20)18-9-8-17(3)14(19)10-18/h4-7,11,16H,8-10H2,1-3H3. The van der Waals surface area contributed by atoms with Gasteiger partial charge in [-0.05, 0) is 26.0 Å². The van der Waals surface area contributed by atoms with Crippen molar-refractivity contribution in [3.8, 4) is 0 Å². The molecule has 1 N–H and O–H groups in total. The second-order valence-corrected chi connectivity index (χ2v) is 5.39. The molecular formula is C15H21N3O2. The van der Waals surface area contributed by atoms with E-state index in [1.165, 1.54) is 0 Å². The van der Waals surface area contributed by atoms with Crippen LogP contribution in [0.4, 0.5) is 5.69 Å².